The summed E-state index contributed by atoms with van der Waals surface area (Å²) in [5.74, 6) is 0.167. The molecule has 126 valence electrons. The zero-order valence-corrected chi connectivity index (χ0v) is 13.7. The van der Waals surface area contributed by atoms with Gasteiger partial charge in [0.25, 0.3) is 5.91 Å². The molecule has 0 saturated heterocycles. The topological polar surface area (TPSA) is 73.9 Å². The van der Waals surface area contributed by atoms with Gasteiger partial charge < -0.3 is 19.5 Å². The Bertz CT molecular complexity index is 729. The molecule has 1 amide bonds. The highest BCUT2D eigenvalue weighted by Crippen LogP contribution is 2.23. The van der Waals surface area contributed by atoms with Crippen molar-refractivity contribution >= 4 is 17.6 Å². The van der Waals surface area contributed by atoms with Gasteiger partial charge in [0.05, 0.1) is 25.5 Å². The predicted octanol–water partition coefficient (Wildman–Crippen LogP) is 2.89. The van der Waals surface area contributed by atoms with Crippen LogP contribution in [-0.2, 0) is 9.53 Å². The molecule has 0 spiro atoms. The Morgan fingerprint density at radius 2 is 1.79 bits per heavy atom. The molecule has 0 aliphatic carbocycles. The molecule has 0 unspecified atom stereocenters. The number of esters is 1. The lowest BCUT2D eigenvalue weighted by Crippen LogP contribution is -2.30. The molecule has 0 aliphatic rings. The Balaban J connectivity index is 2.05. The van der Waals surface area contributed by atoms with Gasteiger partial charge in [-0.25, -0.2) is 4.79 Å². The smallest absolute Gasteiger partial charge is 0.337 e. The molecular formula is C18H19NO5. The Labute approximate surface area is 140 Å². The number of hydrogen-bond donors (Lipinski definition) is 1. The molecule has 2 aromatic carbocycles. The van der Waals surface area contributed by atoms with E-state index in [9.17, 15) is 9.59 Å². The van der Waals surface area contributed by atoms with E-state index < -0.39 is 12.1 Å². The number of carbonyl (C=O) groups is 2. The van der Waals surface area contributed by atoms with E-state index in [0.29, 0.717) is 22.7 Å². The first kappa shape index (κ1) is 17.3. The van der Waals surface area contributed by atoms with Crippen molar-refractivity contribution in [1.29, 1.82) is 0 Å². The second-order valence-corrected chi connectivity index (χ2v) is 4.97. The Hall–Kier alpha value is -3.02. The number of ether oxygens (including phenoxy) is 3. The van der Waals surface area contributed by atoms with Crippen molar-refractivity contribution in [1.82, 2.24) is 0 Å². The number of nitrogens with one attached hydrogen (secondary N) is 1. The highest BCUT2D eigenvalue weighted by Gasteiger charge is 2.17. The number of methoxy groups -OCH3 is 2. The molecule has 0 aromatic heterocycles. The van der Waals surface area contributed by atoms with Crippen LogP contribution in [0.3, 0.4) is 0 Å². The lowest BCUT2D eigenvalue weighted by Gasteiger charge is -2.16. The van der Waals surface area contributed by atoms with Crippen LogP contribution in [-0.4, -0.2) is 32.2 Å². The van der Waals surface area contributed by atoms with Gasteiger partial charge in [0, 0.05) is 0 Å². The minimum Gasteiger partial charge on any atom is -0.495 e. The van der Waals surface area contributed by atoms with Crippen LogP contribution in [0, 0.1) is 0 Å². The van der Waals surface area contributed by atoms with Gasteiger partial charge in [0.1, 0.15) is 11.5 Å². The summed E-state index contributed by atoms with van der Waals surface area (Å²) in [4.78, 5) is 23.8. The predicted molar refractivity (Wildman–Crippen MR) is 89.5 cm³/mol. The second kappa shape index (κ2) is 8.01. The highest BCUT2D eigenvalue weighted by molar-refractivity contribution is 5.95. The largest absolute Gasteiger partial charge is 0.495 e. The summed E-state index contributed by atoms with van der Waals surface area (Å²) in [5, 5.41) is 2.75. The molecule has 0 fully saturated rings. The minimum atomic E-state index is -0.761. The van der Waals surface area contributed by atoms with Gasteiger partial charge in [0.15, 0.2) is 6.10 Å². The third-order valence-electron chi connectivity index (χ3n) is 3.30. The van der Waals surface area contributed by atoms with Crippen molar-refractivity contribution in [2.24, 2.45) is 0 Å². The molecule has 0 radical (unpaired) electrons. The zero-order valence-electron chi connectivity index (χ0n) is 13.7. The number of carbonyl (C=O) groups excluding carboxylic acids is 2. The molecule has 2 aromatic rings. The molecule has 1 N–H and O–H groups in total. The molecule has 1 atom stereocenters. The maximum atomic E-state index is 12.3. The number of para-hydroxylation sites is 2. The first-order valence-corrected chi connectivity index (χ1v) is 7.34. The van der Waals surface area contributed by atoms with E-state index in [-0.39, 0.29) is 5.91 Å². The molecular weight excluding hydrogens is 310 g/mol. The number of anilines is 1. The van der Waals surface area contributed by atoms with Crippen molar-refractivity contribution in [3.63, 3.8) is 0 Å². The van der Waals surface area contributed by atoms with E-state index >= 15 is 0 Å². The van der Waals surface area contributed by atoms with Gasteiger partial charge in [-0.3, -0.25) is 4.79 Å². The maximum absolute atomic E-state index is 12.3. The molecule has 6 heteroatoms. The summed E-state index contributed by atoms with van der Waals surface area (Å²) in [7, 11) is 2.84. The molecule has 0 heterocycles. The molecule has 6 nitrogen and oxygen atoms in total. The summed E-state index contributed by atoms with van der Waals surface area (Å²) >= 11 is 0. The van der Waals surface area contributed by atoms with Crippen molar-refractivity contribution in [3.8, 4) is 11.5 Å². The van der Waals surface area contributed by atoms with Crippen LogP contribution in [0.5, 0.6) is 11.5 Å². The lowest BCUT2D eigenvalue weighted by atomic mass is 10.2. The molecule has 24 heavy (non-hydrogen) atoms. The van der Waals surface area contributed by atoms with Gasteiger partial charge in [0.2, 0.25) is 0 Å². The normalized spacial score (nSPS) is 11.3. The quantitative estimate of drug-likeness (QED) is 0.825. The Morgan fingerprint density at radius 3 is 2.50 bits per heavy atom. The van der Waals surface area contributed by atoms with Crippen molar-refractivity contribution in [3.05, 3.63) is 54.1 Å². The fourth-order valence-electron chi connectivity index (χ4n) is 2.05. The van der Waals surface area contributed by atoms with Crippen LogP contribution in [0.2, 0.25) is 0 Å². The van der Waals surface area contributed by atoms with Crippen LogP contribution in [0.25, 0.3) is 0 Å². The molecule has 0 bridgehead atoms. The number of amides is 1. The Kier molecular flexibility index (Phi) is 5.78. The van der Waals surface area contributed by atoms with Crippen LogP contribution in [0.15, 0.2) is 48.5 Å². The SMILES string of the molecule is COC(=O)c1cccc(O[C@H](C)C(=O)Nc2ccccc2OC)c1. The monoisotopic (exact) mass is 329 g/mol. The minimum absolute atomic E-state index is 0.331. The first-order valence-electron chi connectivity index (χ1n) is 7.34. The molecule has 2 rings (SSSR count). The average Bonchev–Trinajstić information content (AvgIpc) is 2.61. The van der Waals surface area contributed by atoms with Gasteiger partial charge in [-0.05, 0) is 37.3 Å². The second-order valence-electron chi connectivity index (χ2n) is 4.97. The first-order chi connectivity index (χ1) is 11.5. The third kappa shape index (κ3) is 4.25. The fourth-order valence-corrected chi connectivity index (χ4v) is 2.05. The van der Waals surface area contributed by atoms with E-state index in [1.807, 2.05) is 6.07 Å². The standard InChI is InChI=1S/C18H19NO5/c1-12(17(20)19-15-9-4-5-10-16(15)22-2)24-14-8-6-7-13(11-14)18(21)23-3/h4-12H,1-3H3,(H,19,20)/t12-/m1/s1. The van der Waals surface area contributed by atoms with E-state index in [1.165, 1.54) is 20.3 Å². The molecule has 0 saturated carbocycles. The number of benzene rings is 2. The van der Waals surface area contributed by atoms with Crippen molar-refractivity contribution < 1.29 is 23.8 Å². The summed E-state index contributed by atoms with van der Waals surface area (Å²) in [6, 6.07) is 13.6. The third-order valence-corrected chi connectivity index (χ3v) is 3.30. The summed E-state index contributed by atoms with van der Waals surface area (Å²) in [6.45, 7) is 1.62. The zero-order chi connectivity index (χ0) is 17.5. The van der Waals surface area contributed by atoms with Gasteiger partial charge in [-0.2, -0.15) is 0 Å². The van der Waals surface area contributed by atoms with Gasteiger partial charge in [-0.15, -0.1) is 0 Å². The van der Waals surface area contributed by atoms with Crippen LogP contribution in [0.4, 0.5) is 5.69 Å². The summed E-state index contributed by atoms with van der Waals surface area (Å²) < 4.78 is 15.4. The molecule has 0 aliphatic heterocycles. The summed E-state index contributed by atoms with van der Waals surface area (Å²) in [6.07, 6.45) is -0.761. The van der Waals surface area contributed by atoms with Crippen LogP contribution < -0.4 is 14.8 Å². The Morgan fingerprint density at radius 1 is 1.04 bits per heavy atom. The number of hydrogen-bond acceptors (Lipinski definition) is 5. The van der Waals surface area contributed by atoms with E-state index in [1.54, 1.807) is 43.3 Å². The lowest BCUT2D eigenvalue weighted by molar-refractivity contribution is -0.122. The summed E-state index contributed by atoms with van der Waals surface area (Å²) in [5.41, 5.74) is 0.913. The number of rotatable bonds is 6. The van der Waals surface area contributed by atoms with Gasteiger partial charge in [-0.1, -0.05) is 18.2 Å². The average molecular weight is 329 g/mol. The van der Waals surface area contributed by atoms with Gasteiger partial charge >= 0.3 is 5.97 Å². The van der Waals surface area contributed by atoms with Crippen molar-refractivity contribution in [2.75, 3.05) is 19.5 Å². The van der Waals surface area contributed by atoms with E-state index in [2.05, 4.69) is 10.1 Å². The van der Waals surface area contributed by atoms with Crippen LogP contribution in [0.1, 0.15) is 17.3 Å². The maximum Gasteiger partial charge on any atom is 0.337 e. The fraction of sp³-hybridized carbons (Fsp3) is 0.222. The van der Waals surface area contributed by atoms with E-state index in [4.69, 9.17) is 9.47 Å². The van der Waals surface area contributed by atoms with Crippen molar-refractivity contribution in [2.45, 2.75) is 13.0 Å². The van der Waals surface area contributed by atoms with Crippen LogP contribution >= 0.6 is 0 Å². The van der Waals surface area contributed by atoms with E-state index in [0.717, 1.165) is 0 Å². The highest BCUT2D eigenvalue weighted by atomic mass is 16.5.